The molecule has 1 saturated heterocycles. The average molecular weight is 302 g/mol. The van der Waals surface area contributed by atoms with Crippen LogP contribution >= 0.6 is 0 Å². The SMILES string of the molecule is Cc1ccc(C2=NO[C@H](C[C@]3(C(=O)O)CCCNC3)C2)cc1. The number of carbonyl (C=O) groups is 1. The van der Waals surface area contributed by atoms with E-state index in [2.05, 4.69) is 22.6 Å². The first-order valence-electron chi connectivity index (χ1n) is 7.83. The molecule has 5 nitrogen and oxygen atoms in total. The van der Waals surface area contributed by atoms with E-state index < -0.39 is 11.4 Å². The lowest BCUT2D eigenvalue weighted by molar-refractivity contribution is -0.152. The number of oxime groups is 1. The van der Waals surface area contributed by atoms with E-state index >= 15 is 0 Å². The highest BCUT2D eigenvalue weighted by atomic mass is 16.6. The van der Waals surface area contributed by atoms with Crippen molar-refractivity contribution in [2.75, 3.05) is 13.1 Å². The normalized spacial score (nSPS) is 28.0. The molecule has 0 spiro atoms. The van der Waals surface area contributed by atoms with Crippen molar-refractivity contribution >= 4 is 11.7 Å². The van der Waals surface area contributed by atoms with Crippen molar-refractivity contribution < 1.29 is 14.7 Å². The van der Waals surface area contributed by atoms with Crippen LogP contribution in [0.2, 0.25) is 0 Å². The van der Waals surface area contributed by atoms with Crippen LogP contribution in [-0.4, -0.2) is 36.0 Å². The second-order valence-electron chi connectivity index (χ2n) is 6.41. The van der Waals surface area contributed by atoms with Crippen LogP contribution in [-0.2, 0) is 9.63 Å². The monoisotopic (exact) mass is 302 g/mol. The van der Waals surface area contributed by atoms with Gasteiger partial charge >= 0.3 is 5.97 Å². The molecule has 0 amide bonds. The lowest BCUT2D eigenvalue weighted by atomic mass is 9.75. The van der Waals surface area contributed by atoms with Crippen LogP contribution in [0.15, 0.2) is 29.4 Å². The van der Waals surface area contributed by atoms with E-state index in [4.69, 9.17) is 4.84 Å². The van der Waals surface area contributed by atoms with Gasteiger partial charge in [-0.2, -0.15) is 0 Å². The number of rotatable bonds is 4. The minimum atomic E-state index is -0.730. The van der Waals surface area contributed by atoms with Crippen LogP contribution in [0.3, 0.4) is 0 Å². The lowest BCUT2D eigenvalue weighted by Gasteiger charge is -2.34. The van der Waals surface area contributed by atoms with Gasteiger partial charge in [0.2, 0.25) is 0 Å². The smallest absolute Gasteiger partial charge is 0.311 e. The molecule has 2 atom stereocenters. The summed E-state index contributed by atoms with van der Waals surface area (Å²) in [5, 5.41) is 17.0. The van der Waals surface area contributed by atoms with Crippen molar-refractivity contribution in [1.82, 2.24) is 5.32 Å². The Morgan fingerprint density at radius 2 is 2.23 bits per heavy atom. The molecule has 1 fully saturated rings. The summed E-state index contributed by atoms with van der Waals surface area (Å²) in [5.41, 5.74) is 2.45. The van der Waals surface area contributed by atoms with Crippen molar-refractivity contribution in [1.29, 1.82) is 0 Å². The molecule has 0 bridgehead atoms. The number of aliphatic carboxylic acids is 1. The largest absolute Gasteiger partial charge is 0.481 e. The molecule has 0 aromatic heterocycles. The maximum absolute atomic E-state index is 11.7. The summed E-state index contributed by atoms with van der Waals surface area (Å²) in [5.74, 6) is -0.730. The van der Waals surface area contributed by atoms with Crippen LogP contribution in [0.1, 0.15) is 36.8 Å². The van der Waals surface area contributed by atoms with Crippen molar-refractivity contribution in [3.63, 3.8) is 0 Å². The average Bonchev–Trinajstić information content (AvgIpc) is 2.97. The van der Waals surface area contributed by atoms with Crippen LogP contribution in [0.25, 0.3) is 0 Å². The minimum Gasteiger partial charge on any atom is -0.481 e. The summed E-state index contributed by atoms with van der Waals surface area (Å²) in [6.07, 6.45) is 2.64. The minimum absolute atomic E-state index is 0.146. The molecule has 3 rings (SSSR count). The van der Waals surface area contributed by atoms with E-state index in [1.165, 1.54) is 5.56 Å². The molecule has 118 valence electrons. The van der Waals surface area contributed by atoms with Gasteiger partial charge in [0.1, 0.15) is 6.10 Å². The number of hydrogen-bond acceptors (Lipinski definition) is 4. The standard InChI is InChI=1S/C17H22N2O3/c1-12-3-5-13(6-4-12)15-9-14(22-19-15)10-17(16(20)21)7-2-8-18-11-17/h3-6,14,18H,2,7-11H2,1H3,(H,20,21)/t14-,17+/m0/s1. The first-order valence-corrected chi connectivity index (χ1v) is 7.83. The number of nitrogens with one attached hydrogen (secondary N) is 1. The summed E-state index contributed by atoms with van der Waals surface area (Å²) in [6, 6.07) is 8.17. The number of aryl methyl sites for hydroxylation is 1. The fourth-order valence-electron chi connectivity index (χ4n) is 3.30. The molecule has 0 saturated carbocycles. The Labute approximate surface area is 130 Å². The van der Waals surface area contributed by atoms with Crippen molar-refractivity contribution in [3.8, 4) is 0 Å². The number of carboxylic acids is 1. The van der Waals surface area contributed by atoms with Gasteiger partial charge in [-0.05, 0) is 31.9 Å². The molecule has 1 aromatic carbocycles. The van der Waals surface area contributed by atoms with Crippen molar-refractivity contribution in [2.24, 2.45) is 10.6 Å². The van der Waals surface area contributed by atoms with Crippen LogP contribution < -0.4 is 5.32 Å². The summed E-state index contributed by atoms with van der Waals surface area (Å²) >= 11 is 0. The van der Waals surface area contributed by atoms with Gasteiger partial charge < -0.3 is 15.3 Å². The summed E-state index contributed by atoms with van der Waals surface area (Å²) in [4.78, 5) is 17.2. The van der Waals surface area contributed by atoms with Gasteiger partial charge in [-0.1, -0.05) is 35.0 Å². The Kier molecular flexibility index (Phi) is 4.16. The first kappa shape index (κ1) is 15.0. The Morgan fingerprint density at radius 3 is 2.86 bits per heavy atom. The fraction of sp³-hybridized carbons (Fsp3) is 0.529. The highest BCUT2D eigenvalue weighted by Crippen LogP contribution is 2.35. The third kappa shape index (κ3) is 2.99. The maximum Gasteiger partial charge on any atom is 0.311 e. The van der Waals surface area contributed by atoms with Gasteiger partial charge in [0, 0.05) is 19.4 Å². The zero-order valence-electron chi connectivity index (χ0n) is 12.8. The predicted molar refractivity (Wildman–Crippen MR) is 84.0 cm³/mol. The third-order valence-corrected chi connectivity index (χ3v) is 4.66. The predicted octanol–water partition coefficient (Wildman–Crippen LogP) is 2.33. The Balaban J connectivity index is 1.66. The summed E-state index contributed by atoms with van der Waals surface area (Å²) < 4.78 is 0. The van der Waals surface area contributed by atoms with E-state index in [0.717, 1.165) is 24.2 Å². The van der Waals surface area contributed by atoms with Crippen LogP contribution in [0.4, 0.5) is 0 Å². The fourth-order valence-corrected chi connectivity index (χ4v) is 3.30. The van der Waals surface area contributed by atoms with Gasteiger partial charge in [0.05, 0.1) is 11.1 Å². The van der Waals surface area contributed by atoms with Gasteiger partial charge in [-0.25, -0.2) is 0 Å². The van der Waals surface area contributed by atoms with E-state index in [-0.39, 0.29) is 6.10 Å². The van der Waals surface area contributed by atoms with Crippen LogP contribution in [0.5, 0.6) is 0 Å². The van der Waals surface area contributed by atoms with E-state index in [1.807, 2.05) is 19.1 Å². The molecule has 2 aliphatic rings. The Morgan fingerprint density at radius 1 is 1.45 bits per heavy atom. The Hall–Kier alpha value is -1.88. The van der Waals surface area contributed by atoms with Gasteiger partial charge in [-0.3, -0.25) is 4.79 Å². The molecule has 0 unspecified atom stereocenters. The molecule has 2 heterocycles. The molecular formula is C17H22N2O3. The quantitative estimate of drug-likeness (QED) is 0.895. The zero-order chi connectivity index (χ0) is 15.6. The number of benzene rings is 1. The van der Waals surface area contributed by atoms with Gasteiger partial charge in [0.25, 0.3) is 0 Å². The number of piperidine rings is 1. The topological polar surface area (TPSA) is 70.9 Å². The highest BCUT2D eigenvalue weighted by molar-refractivity contribution is 6.01. The Bertz CT molecular complexity index is 574. The molecule has 2 aliphatic heterocycles. The molecule has 0 aliphatic carbocycles. The van der Waals surface area contributed by atoms with Crippen LogP contribution in [0, 0.1) is 12.3 Å². The number of hydrogen-bond donors (Lipinski definition) is 2. The molecule has 5 heteroatoms. The molecular weight excluding hydrogens is 280 g/mol. The highest BCUT2D eigenvalue weighted by Gasteiger charge is 2.43. The van der Waals surface area contributed by atoms with E-state index in [1.54, 1.807) is 0 Å². The molecule has 22 heavy (non-hydrogen) atoms. The number of nitrogens with zero attached hydrogens (tertiary/aromatic N) is 1. The third-order valence-electron chi connectivity index (χ3n) is 4.66. The van der Waals surface area contributed by atoms with Crippen molar-refractivity contribution in [3.05, 3.63) is 35.4 Å². The van der Waals surface area contributed by atoms with Gasteiger partial charge in [0.15, 0.2) is 0 Å². The van der Waals surface area contributed by atoms with Gasteiger partial charge in [-0.15, -0.1) is 0 Å². The van der Waals surface area contributed by atoms with E-state index in [0.29, 0.717) is 25.8 Å². The van der Waals surface area contributed by atoms with E-state index in [9.17, 15) is 9.90 Å². The second kappa shape index (κ2) is 6.08. The lowest BCUT2D eigenvalue weighted by Crippen LogP contribution is -2.47. The second-order valence-corrected chi connectivity index (χ2v) is 6.41. The maximum atomic E-state index is 11.7. The molecule has 1 aromatic rings. The van der Waals surface area contributed by atoms with Crippen molar-refractivity contribution in [2.45, 2.75) is 38.7 Å². The summed E-state index contributed by atoms with van der Waals surface area (Å²) in [7, 11) is 0. The first-order chi connectivity index (χ1) is 10.6. The number of carboxylic acid groups (broad SMARTS) is 1. The summed E-state index contributed by atoms with van der Waals surface area (Å²) in [6.45, 7) is 3.46. The molecule has 2 N–H and O–H groups in total. The molecule has 0 radical (unpaired) electrons. The zero-order valence-corrected chi connectivity index (χ0v) is 12.8.